The van der Waals surface area contributed by atoms with Gasteiger partial charge in [0.2, 0.25) is 11.9 Å². The Morgan fingerprint density at radius 1 is 1.31 bits per heavy atom. The molecule has 9 nitrogen and oxygen atoms in total. The Balaban J connectivity index is 1.44. The Morgan fingerprint density at radius 2 is 2.10 bits per heavy atom. The number of aliphatic hydroxyl groups is 1. The van der Waals surface area contributed by atoms with Crippen LogP contribution >= 0.6 is 0 Å². The zero-order valence-electron chi connectivity index (χ0n) is 17.1. The van der Waals surface area contributed by atoms with Gasteiger partial charge in [-0.05, 0) is 43.6 Å². The van der Waals surface area contributed by atoms with Crippen LogP contribution in [0.2, 0.25) is 0 Å². The van der Waals surface area contributed by atoms with Crippen molar-refractivity contribution in [1.82, 2.24) is 19.7 Å². The second-order valence-electron chi connectivity index (χ2n) is 7.39. The Hall–Kier alpha value is -2.65. The standard InChI is InChI=1S/C20H30N6O3/c1-15(27)22-19-23-20(25(2)24-19)21-12-17(28)14-29-18-8-6-7-16(11-18)13-26-9-4-3-5-10-26/h6-8,11,17,28H,3-5,9-10,12-14H2,1-2H3,(H2,21,22,23,24,27). The summed E-state index contributed by atoms with van der Waals surface area (Å²) in [6.45, 7) is 5.05. The number of nitrogens with one attached hydrogen (secondary N) is 2. The maximum Gasteiger partial charge on any atom is 0.250 e. The van der Waals surface area contributed by atoms with Gasteiger partial charge in [0.25, 0.3) is 5.95 Å². The van der Waals surface area contributed by atoms with E-state index in [9.17, 15) is 9.90 Å². The Kier molecular flexibility index (Phi) is 7.42. The molecule has 0 saturated carbocycles. The van der Waals surface area contributed by atoms with Crippen molar-refractivity contribution >= 4 is 17.8 Å². The first kappa shape index (κ1) is 21.1. The minimum absolute atomic E-state index is 0.163. The van der Waals surface area contributed by atoms with Crippen LogP contribution in [0.5, 0.6) is 5.75 Å². The Bertz CT molecular complexity index is 803. The molecule has 1 saturated heterocycles. The fourth-order valence-electron chi connectivity index (χ4n) is 3.32. The number of aromatic nitrogens is 3. The molecule has 1 aromatic heterocycles. The normalized spacial score (nSPS) is 15.7. The molecule has 158 valence electrons. The van der Waals surface area contributed by atoms with Crippen molar-refractivity contribution in [2.45, 2.75) is 38.8 Å². The highest BCUT2D eigenvalue weighted by Crippen LogP contribution is 2.18. The van der Waals surface area contributed by atoms with E-state index in [0.717, 1.165) is 25.4 Å². The number of benzene rings is 1. The van der Waals surface area contributed by atoms with Crippen molar-refractivity contribution in [3.05, 3.63) is 29.8 Å². The Morgan fingerprint density at radius 3 is 2.86 bits per heavy atom. The van der Waals surface area contributed by atoms with Crippen LogP contribution < -0.4 is 15.4 Å². The predicted molar refractivity (Wildman–Crippen MR) is 111 cm³/mol. The second kappa shape index (κ2) is 10.2. The molecule has 3 rings (SSSR count). The molecule has 2 heterocycles. The van der Waals surface area contributed by atoms with Crippen LogP contribution in [0.4, 0.5) is 11.9 Å². The number of rotatable bonds is 9. The highest BCUT2D eigenvalue weighted by atomic mass is 16.5. The third-order valence-corrected chi connectivity index (χ3v) is 4.74. The highest BCUT2D eigenvalue weighted by Gasteiger charge is 2.13. The lowest BCUT2D eigenvalue weighted by Gasteiger charge is -2.26. The average molecular weight is 402 g/mol. The first-order chi connectivity index (χ1) is 14.0. The number of nitrogens with zero attached hydrogens (tertiary/aromatic N) is 4. The number of carbonyl (C=O) groups is 1. The van der Waals surface area contributed by atoms with Crippen LogP contribution in [-0.2, 0) is 18.4 Å². The monoisotopic (exact) mass is 402 g/mol. The van der Waals surface area contributed by atoms with Gasteiger partial charge in [0.05, 0.1) is 0 Å². The van der Waals surface area contributed by atoms with Crippen LogP contribution in [0.25, 0.3) is 0 Å². The van der Waals surface area contributed by atoms with Gasteiger partial charge in [0, 0.05) is 27.1 Å². The van der Waals surface area contributed by atoms with Gasteiger partial charge in [0.1, 0.15) is 18.5 Å². The van der Waals surface area contributed by atoms with E-state index < -0.39 is 6.10 Å². The number of anilines is 2. The molecule has 29 heavy (non-hydrogen) atoms. The van der Waals surface area contributed by atoms with E-state index >= 15 is 0 Å². The quantitative estimate of drug-likeness (QED) is 0.585. The van der Waals surface area contributed by atoms with Crippen LogP contribution in [-0.4, -0.2) is 63.0 Å². The summed E-state index contributed by atoms with van der Waals surface area (Å²) in [4.78, 5) is 17.7. The fourth-order valence-corrected chi connectivity index (χ4v) is 3.32. The van der Waals surface area contributed by atoms with Crippen molar-refractivity contribution < 1.29 is 14.6 Å². The number of aliphatic hydroxyl groups excluding tert-OH is 1. The van der Waals surface area contributed by atoms with E-state index in [1.165, 1.54) is 36.4 Å². The molecule has 0 radical (unpaired) electrons. The summed E-state index contributed by atoms with van der Waals surface area (Å²) in [5, 5.41) is 19.8. The summed E-state index contributed by atoms with van der Waals surface area (Å²) in [6.07, 6.45) is 3.15. The van der Waals surface area contributed by atoms with Gasteiger partial charge in [-0.1, -0.05) is 18.6 Å². The summed E-state index contributed by atoms with van der Waals surface area (Å²) in [6, 6.07) is 8.04. The molecule has 0 bridgehead atoms. The van der Waals surface area contributed by atoms with Gasteiger partial charge in [-0.2, -0.15) is 4.98 Å². The maximum absolute atomic E-state index is 11.1. The van der Waals surface area contributed by atoms with Gasteiger partial charge in [0.15, 0.2) is 0 Å². The van der Waals surface area contributed by atoms with Crippen LogP contribution in [0.1, 0.15) is 31.7 Å². The van der Waals surface area contributed by atoms with E-state index in [1.807, 2.05) is 18.2 Å². The lowest BCUT2D eigenvalue weighted by molar-refractivity contribution is -0.114. The van der Waals surface area contributed by atoms with Crippen molar-refractivity contribution in [3.63, 3.8) is 0 Å². The lowest BCUT2D eigenvalue weighted by atomic mass is 10.1. The fraction of sp³-hybridized carbons (Fsp3) is 0.550. The van der Waals surface area contributed by atoms with Crippen molar-refractivity contribution in [2.24, 2.45) is 7.05 Å². The van der Waals surface area contributed by atoms with E-state index in [0.29, 0.717) is 5.95 Å². The van der Waals surface area contributed by atoms with E-state index in [1.54, 1.807) is 7.05 Å². The van der Waals surface area contributed by atoms with Crippen LogP contribution in [0, 0.1) is 0 Å². The summed E-state index contributed by atoms with van der Waals surface area (Å²) in [5.74, 6) is 1.19. The van der Waals surface area contributed by atoms with E-state index in [2.05, 4.69) is 31.7 Å². The van der Waals surface area contributed by atoms with E-state index in [4.69, 9.17) is 4.74 Å². The molecule has 1 amide bonds. The molecular formula is C20H30N6O3. The zero-order valence-corrected chi connectivity index (χ0v) is 17.1. The minimum Gasteiger partial charge on any atom is -0.491 e. The van der Waals surface area contributed by atoms with E-state index in [-0.39, 0.29) is 25.0 Å². The van der Waals surface area contributed by atoms with Crippen molar-refractivity contribution in [1.29, 1.82) is 0 Å². The SMILES string of the molecule is CC(=O)Nc1nc(NCC(O)COc2cccc(CN3CCCCC3)c2)n(C)n1. The average Bonchev–Trinajstić information content (AvgIpc) is 3.04. The Labute approximate surface area is 171 Å². The number of carbonyl (C=O) groups excluding carboxylic acids is 1. The topological polar surface area (TPSA) is 105 Å². The first-order valence-corrected chi connectivity index (χ1v) is 10.0. The molecule has 0 aliphatic carbocycles. The predicted octanol–water partition coefficient (Wildman–Crippen LogP) is 1.61. The molecule has 1 fully saturated rings. The minimum atomic E-state index is -0.721. The molecule has 1 unspecified atom stereocenters. The van der Waals surface area contributed by atoms with Gasteiger partial charge in [-0.3, -0.25) is 15.0 Å². The summed E-state index contributed by atoms with van der Waals surface area (Å²) in [7, 11) is 1.71. The molecule has 1 aromatic carbocycles. The van der Waals surface area contributed by atoms with Crippen molar-refractivity contribution in [2.75, 3.05) is 36.9 Å². The number of hydrogen-bond donors (Lipinski definition) is 3. The second-order valence-corrected chi connectivity index (χ2v) is 7.39. The third kappa shape index (κ3) is 6.72. The van der Waals surface area contributed by atoms with Gasteiger partial charge in [-0.25, -0.2) is 4.68 Å². The summed E-state index contributed by atoms with van der Waals surface area (Å²) < 4.78 is 7.27. The third-order valence-electron chi connectivity index (χ3n) is 4.74. The number of hydrogen-bond acceptors (Lipinski definition) is 7. The number of aryl methyl sites for hydroxylation is 1. The lowest BCUT2D eigenvalue weighted by Crippen LogP contribution is -2.29. The molecular weight excluding hydrogens is 372 g/mol. The number of likely N-dealkylation sites (tertiary alicyclic amines) is 1. The molecule has 3 N–H and O–H groups in total. The summed E-state index contributed by atoms with van der Waals surface area (Å²) in [5.41, 5.74) is 1.22. The largest absolute Gasteiger partial charge is 0.491 e. The van der Waals surface area contributed by atoms with Crippen molar-refractivity contribution in [3.8, 4) is 5.75 Å². The molecule has 1 atom stereocenters. The molecule has 9 heteroatoms. The number of amides is 1. The zero-order chi connectivity index (χ0) is 20.6. The van der Waals surface area contributed by atoms with Crippen LogP contribution in [0.3, 0.4) is 0 Å². The molecule has 2 aromatic rings. The number of piperidine rings is 1. The number of ether oxygens (including phenoxy) is 1. The van der Waals surface area contributed by atoms with Gasteiger partial charge in [-0.15, -0.1) is 5.10 Å². The first-order valence-electron chi connectivity index (χ1n) is 10.0. The molecule has 1 aliphatic rings. The smallest absolute Gasteiger partial charge is 0.250 e. The summed E-state index contributed by atoms with van der Waals surface area (Å²) >= 11 is 0. The molecule has 1 aliphatic heterocycles. The van der Waals surface area contributed by atoms with Gasteiger partial charge < -0.3 is 15.2 Å². The maximum atomic E-state index is 11.1. The van der Waals surface area contributed by atoms with Gasteiger partial charge >= 0.3 is 0 Å². The van der Waals surface area contributed by atoms with Crippen LogP contribution in [0.15, 0.2) is 24.3 Å². The highest BCUT2D eigenvalue weighted by molar-refractivity contribution is 5.86. The molecule has 0 spiro atoms.